The molecular formula is C14H26N6. The number of piperidine rings is 1. The van der Waals surface area contributed by atoms with Crippen LogP contribution >= 0.6 is 0 Å². The lowest BCUT2D eigenvalue weighted by Gasteiger charge is -2.37. The van der Waals surface area contributed by atoms with Gasteiger partial charge < -0.3 is 15.1 Å². The highest BCUT2D eigenvalue weighted by Gasteiger charge is 2.26. The van der Waals surface area contributed by atoms with Crippen LogP contribution in [0.1, 0.15) is 33.6 Å². The summed E-state index contributed by atoms with van der Waals surface area (Å²) in [7, 11) is 3.91. The maximum Gasteiger partial charge on any atom is 0.232 e. The molecule has 1 aliphatic rings. The molecule has 0 amide bonds. The van der Waals surface area contributed by atoms with Crippen LogP contribution in [0.25, 0.3) is 0 Å². The average Bonchev–Trinajstić information content (AvgIpc) is 2.41. The average molecular weight is 278 g/mol. The highest BCUT2D eigenvalue weighted by Crippen LogP contribution is 2.26. The normalized spacial score (nSPS) is 22.8. The Morgan fingerprint density at radius 2 is 1.95 bits per heavy atom. The van der Waals surface area contributed by atoms with Crippen molar-refractivity contribution in [2.45, 2.75) is 39.7 Å². The van der Waals surface area contributed by atoms with Crippen LogP contribution in [0, 0.1) is 5.92 Å². The lowest BCUT2D eigenvalue weighted by atomic mass is 9.95. The third-order valence-electron chi connectivity index (χ3n) is 3.72. The summed E-state index contributed by atoms with van der Waals surface area (Å²) in [4.78, 5) is 17.9. The lowest BCUT2D eigenvalue weighted by molar-refractivity contribution is 0.385. The van der Waals surface area contributed by atoms with Crippen molar-refractivity contribution < 1.29 is 0 Å². The molecule has 1 N–H and O–H groups in total. The van der Waals surface area contributed by atoms with E-state index in [0.29, 0.717) is 23.9 Å². The zero-order chi connectivity index (χ0) is 14.7. The van der Waals surface area contributed by atoms with Crippen molar-refractivity contribution in [1.29, 1.82) is 0 Å². The first kappa shape index (κ1) is 14.8. The predicted octanol–water partition coefficient (Wildman–Crippen LogP) is 1.99. The van der Waals surface area contributed by atoms with Crippen molar-refractivity contribution in [2.75, 3.05) is 42.3 Å². The molecule has 0 spiro atoms. The number of hydrogen-bond acceptors (Lipinski definition) is 6. The van der Waals surface area contributed by atoms with Crippen LogP contribution in [-0.2, 0) is 0 Å². The number of nitrogens with zero attached hydrogens (tertiary/aromatic N) is 5. The Balaban J connectivity index is 2.33. The number of hydrogen-bond donors (Lipinski definition) is 1. The zero-order valence-electron chi connectivity index (χ0n) is 13.2. The summed E-state index contributed by atoms with van der Waals surface area (Å²) in [5.41, 5.74) is 0. The van der Waals surface area contributed by atoms with E-state index in [-0.39, 0.29) is 0 Å². The number of nitrogens with one attached hydrogen (secondary N) is 1. The van der Waals surface area contributed by atoms with Crippen molar-refractivity contribution in [3.05, 3.63) is 0 Å². The predicted molar refractivity (Wildman–Crippen MR) is 83.5 cm³/mol. The second-order valence-electron chi connectivity index (χ2n) is 5.87. The van der Waals surface area contributed by atoms with E-state index in [1.54, 1.807) is 0 Å². The first-order valence-corrected chi connectivity index (χ1v) is 7.45. The molecule has 0 aromatic carbocycles. The smallest absolute Gasteiger partial charge is 0.232 e. The Bertz CT molecular complexity index is 447. The van der Waals surface area contributed by atoms with E-state index < -0.39 is 0 Å². The molecule has 0 saturated carbocycles. The molecule has 2 rings (SSSR count). The van der Waals surface area contributed by atoms with Crippen LogP contribution in [-0.4, -0.2) is 48.2 Å². The Hall–Kier alpha value is -1.59. The Morgan fingerprint density at radius 3 is 2.60 bits per heavy atom. The van der Waals surface area contributed by atoms with Gasteiger partial charge in [-0.15, -0.1) is 0 Å². The molecule has 0 bridgehead atoms. The fraction of sp³-hybridized carbons (Fsp3) is 0.786. The summed E-state index contributed by atoms with van der Waals surface area (Å²) in [6, 6.07) is 0.484. The summed E-state index contributed by atoms with van der Waals surface area (Å²) in [6.07, 6.45) is 2.48. The minimum Gasteiger partial charge on any atom is -0.354 e. The zero-order valence-corrected chi connectivity index (χ0v) is 13.2. The van der Waals surface area contributed by atoms with Gasteiger partial charge in [0.15, 0.2) is 0 Å². The van der Waals surface area contributed by atoms with Crippen LogP contribution in [0.3, 0.4) is 0 Å². The summed E-state index contributed by atoms with van der Waals surface area (Å²) >= 11 is 0. The Morgan fingerprint density at radius 1 is 1.20 bits per heavy atom. The van der Waals surface area contributed by atoms with Crippen LogP contribution in [0.5, 0.6) is 0 Å². The number of rotatable bonds is 4. The highest BCUT2D eigenvalue weighted by molar-refractivity contribution is 5.45. The molecule has 112 valence electrons. The first-order valence-electron chi connectivity index (χ1n) is 7.45. The molecule has 0 aliphatic carbocycles. The van der Waals surface area contributed by atoms with Gasteiger partial charge in [-0.05, 0) is 32.6 Å². The molecule has 1 aromatic rings. The minimum absolute atomic E-state index is 0.484. The fourth-order valence-electron chi connectivity index (χ4n) is 2.49. The van der Waals surface area contributed by atoms with Crippen molar-refractivity contribution >= 4 is 17.8 Å². The molecule has 2 heterocycles. The Kier molecular flexibility index (Phi) is 4.62. The number of aromatic nitrogens is 3. The standard InChI is InChI=1S/C14H26N6/c1-6-15-12-16-13(19(4)5)18-14(17-12)20-9-10(2)7-8-11(20)3/h10-11H,6-9H2,1-5H3,(H,15,16,17,18). The van der Waals surface area contributed by atoms with Crippen LogP contribution in [0.4, 0.5) is 17.8 Å². The van der Waals surface area contributed by atoms with E-state index in [1.807, 2.05) is 25.9 Å². The lowest BCUT2D eigenvalue weighted by Crippen LogP contribution is -2.42. The molecule has 2 atom stereocenters. The molecule has 1 aliphatic heterocycles. The molecule has 1 fully saturated rings. The van der Waals surface area contributed by atoms with Gasteiger partial charge in [0.2, 0.25) is 17.8 Å². The molecule has 20 heavy (non-hydrogen) atoms. The molecule has 6 nitrogen and oxygen atoms in total. The third kappa shape index (κ3) is 3.29. The van der Waals surface area contributed by atoms with Crippen molar-refractivity contribution in [1.82, 2.24) is 15.0 Å². The summed E-state index contributed by atoms with van der Waals surface area (Å²) in [5.74, 6) is 2.84. The molecule has 1 saturated heterocycles. The van der Waals surface area contributed by atoms with Crippen molar-refractivity contribution in [3.63, 3.8) is 0 Å². The van der Waals surface area contributed by atoms with Gasteiger partial charge in [0.05, 0.1) is 0 Å². The maximum absolute atomic E-state index is 4.61. The topological polar surface area (TPSA) is 57.2 Å². The molecular weight excluding hydrogens is 252 g/mol. The van der Waals surface area contributed by atoms with Crippen LogP contribution in [0.15, 0.2) is 0 Å². The van der Waals surface area contributed by atoms with E-state index in [9.17, 15) is 0 Å². The summed E-state index contributed by atoms with van der Waals surface area (Å²) in [5, 5.41) is 3.19. The highest BCUT2D eigenvalue weighted by atomic mass is 15.4. The Labute approximate surface area is 121 Å². The van der Waals surface area contributed by atoms with E-state index in [2.05, 4.69) is 39.0 Å². The largest absolute Gasteiger partial charge is 0.354 e. The SMILES string of the molecule is CCNc1nc(N(C)C)nc(N2CC(C)CCC2C)n1. The van der Waals surface area contributed by atoms with Gasteiger partial charge in [0.25, 0.3) is 0 Å². The van der Waals surface area contributed by atoms with Gasteiger partial charge in [0, 0.05) is 33.2 Å². The van der Waals surface area contributed by atoms with Crippen molar-refractivity contribution in [3.8, 4) is 0 Å². The van der Waals surface area contributed by atoms with Gasteiger partial charge >= 0.3 is 0 Å². The van der Waals surface area contributed by atoms with Gasteiger partial charge in [-0.2, -0.15) is 15.0 Å². The molecule has 0 radical (unpaired) electrons. The van der Waals surface area contributed by atoms with Gasteiger partial charge in [0.1, 0.15) is 0 Å². The fourth-order valence-corrected chi connectivity index (χ4v) is 2.49. The van der Waals surface area contributed by atoms with Crippen LogP contribution < -0.4 is 15.1 Å². The number of anilines is 3. The molecule has 1 aromatic heterocycles. The van der Waals surface area contributed by atoms with E-state index in [1.165, 1.54) is 12.8 Å². The van der Waals surface area contributed by atoms with Crippen molar-refractivity contribution in [2.24, 2.45) is 5.92 Å². The quantitative estimate of drug-likeness (QED) is 0.909. The molecule has 6 heteroatoms. The molecule has 2 unspecified atom stereocenters. The van der Waals surface area contributed by atoms with E-state index >= 15 is 0 Å². The van der Waals surface area contributed by atoms with Gasteiger partial charge in [-0.1, -0.05) is 6.92 Å². The monoisotopic (exact) mass is 278 g/mol. The first-order chi connectivity index (χ1) is 9.51. The third-order valence-corrected chi connectivity index (χ3v) is 3.72. The van der Waals surface area contributed by atoms with Gasteiger partial charge in [-0.3, -0.25) is 0 Å². The second kappa shape index (κ2) is 6.24. The minimum atomic E-state index is 0.484. The van der Waals surface area contributed by atoms with E-state index in [4.69, 9.17) is 0 Å². The van der Waals surface area contributed by atoms with Crippen LogP contribution in [0.2, 0.25) is 0 Å². The van der Waals surface area contributed by atoms with E-state index in [0.717, 1.165) is 19.0 Å². The summed E-state index contributed by atoms with van der Waals surface area (Å²) < 4.78 is 0. The maximum atomic E-state index is 4.61. The van der Waals surface area contributed by atoms with Gasteiger partial charge in [-0.25, -0.2) is 0 Å². The summed E-state index contributed by atoms with van der Waals surface area (Å²) in [6.45, 7) is 8.41. The second-order valence-corrected chi connectivity index (χ2v) is 5.87.